The number of alkyl halides is 2. The van der Waals surface area contributed by atoms with Gasteiger partial charge in [0, 0.05) is 25.2 Å². The molecule has 2 heterocycles. The van der Waals surface area contributed by atoms with E-state index < -0.39 is 5.92 Å². The van der Waals surface area contributed by atoms with E-state index in [-0.39, 0.29) is 12.1 Å². The predicted octanol–water partition coefficient (Wildman–Crippen LogP) is 7.22. The number of hydrogen-bond donors (Lipinski definition) is 1. The van der Waals surface area contributed by atoms with E-state index in [0.717, 1.165) is 33.4 Å². The van der Waals surface area contributed by atoms with Gasteiger partial charge in [-0.3, -0.25) is 0 Å². The molecule has 0 radical (unpaired) electrons. The number of benzene rings is 2. The van der Waals surface area contributed by atoms with Crippen LogP contribution in [-0.2, 0) is 17.3 Å². The summed E-state index contributed by atoms with van der Waals surface area (Å²) in [5, 5.41) is 9.66. The van der Waals surface area contributed by atoms with Crippen LogP contribution in [-0.4, -0.2) is 34.9 Å². The Balaban J connectivity index is 1.45. The van der Waals surface area contributed by atoms with E-state index in [9.17, 15) is 8.78 Å². The first-order chi connectivity index (χ1) is 17.3. The van der Waals surface area contributed by atoms with Gasteiger partial charge in [-0.2, -0.15) is 18.9 Å². The van der Waals surface area contributed by atoms with Crippen molar-refractivity contribution in [1.82, 2.24) is 14.7 Å². The molecule has 0 aliphatic carbocycles. The Morgan fingerprint density at radius 3 is 2.67 bits per heavy atom. The van der Waals surface area contributed by atoms with Gasteiger partial charge in [-0.1, -0.05) is 55.1 Å². The van der Waals surface area contributed by atoms with Crippen LogP contribution in [0.4, 0.5) is 14.6 Å². The number of nitrogens with zero attached hydrogens (tertiary/aromatic N) is 3. The minimum absolute atomic E-state index is 0.0557. The third kappa shape index (κ3) is 5.67. The highest BCUT2D eigenvalue weighted by molar-refractivity contribution is 9.10. The summed E-state index contributed by atoms with van der Waals surface area (Å²) in [5.41, 5.74) is 4.88. The average Bonchev–Trinajstić information content (AvgIpc) is 3.26. The van der Waals surface area contributed by atoms with Crippen LogP contribution in [0.25, 0.3) is 16.6 Å². The van der Waals surface area contributed by atoms with Crippen LogP contribution in [0.5, 0.6) is 0 Å². The number of pyridine rings is 1. The number of aromatic nitrogens is 2. The number of allylic oxidation sites excluding steroid dienone is 1. The molecule has 36 heavy (non-hydrogen) atoms. The zero-order valence-electron chi connectivity index (χ0n) is 20.3. The second-order valence-corrected chi connectivity index (χ2v) is 9.40. The van der Waals surface area contributed by atoms with E-state index in [2.05, 4.69) is 64.1 Å². The number of hydroxylamine groups is 2. The maximum absolute atomic E-state index is 14.3. The second-order valence-electron chi connectivity index (χ2n) is 8.54. The first-order valence-electron chi connectivity index (χ1n) is 11.7. The lowest BCUT2D eigenvalue weighted by molar-refractivity contribution is -0.139. The number of halogens is 3. The van der Waals surface area contributed by atoms with E-state index in [1.807, 2.05) is 16.6 Å². The molecule has 4 rings (SSSR count). The Morgan fingerprint density at radius 1 is 1.17 bits per heavy atom. The first kappa shape index (κ1) is 26.0. The minimum Gasteiger partial charge on any atom is -0.370 e. The van der Waals surface area contributed by atoms with Gasteiger partial charge >= 0.3 is 0 Å². The number of rotatable bonds is 11. The van der Waals surface area contributed by atoms with E-state index in [4.69, 9.17) is 4.84 Å². The molecule has 8 heteroatoms. The Kier molecular flexibility index (Phi) is 8.18. The molecular weight excluding hydrogens is 526 g/mol. The molecule has 0 saturated carbocycles. The number of anilines is 1. The zero-order chi connectivity index (χ0) is 25.7. The third-order valence-corrected chi connectivity index (χ3v) is 6.77. The van der Waals surface area contributed by atoms with Gasteiger partial charge in [-0.15, -0.1) is 0 Å². The Hall–Kier alpha value is -3.07. The molecule has 2 aromatic carbocycles. The summed E-state index contributed by atoms with van der Waals surface area (Å²) in [4.78, 5) is 5.48. The van der Waals surface area contributed by atoms with Crippen molar-refractivity contribution >= 4 is 27.3 Å². The summed E-state index contributed by atoms with van der Waals surface area (Å²) in [6.07, 6.45) is 3.18. The highest BCUT2D eigenvalue weighted by Gasteiger charge is 2.30. The summed E-state index contributed by atoms with van der Waals surface area (Å²) in [6, 6.07) is 19.0. The molecule has 1 N–H and O–H groups in total. The van der Waals surface area contributed by atoms with Crippen molar-refractivity contribution in [3.05, 3.63) is 101 Å². The molecule has 5 nitrogen and oxygen atoms in total. The molecule has 0 aliphatic heterocycles. The normalized spacial score (nSPS) is 11.8. The Morgan fingerprint density at radius 2 is 1.92 bits per heavy atom. The molecule has 0 saturated heterocycles. The highest BCUT2D eigenvalue weighted by Crippen LogP contribution is 2.33. The average molecular weight is 555 g/mol. The fourth-order valence-corrected chi connectivity index (χ4v) is 4.60. The Labute approximate surface area is 218 Å². The van der Waals surface area contributed by atoms with Crippen LogP contribution in [0.15, 0.2) is 84.0 Å². The summed E-state index contributed by atoms with van der Waals surface area (Å²) in [5.74, 6) is -2.22. The van der Waals surface area contributed by atoms with Crippen molar-refractivity contribution in [2.75, 3.05) is 25.5 Å². The maximum Gasteiger partial charge on any atom is 0.291 e. The van der Waals surface area contributed by atoms with Gasteiger partial charge in [0.1, 0.15) is 5.82 Å². The zero-order valence-corrected chi connectivity index (χ0v) is 21.9. The topological polar surface area (TPSA) is 41.8 Å². The summed E-state index contributed by atoms with van der Waals surface area (Å²) in [7, 11) is 1.55. The van der Waals surface area contributed by atoms with Gasteiger partial charge in [0.2, 0.25) is 0 Å². The van der Waals surface area contributed by atoms with E-state index in [1.54, 1.807) is 36.6 Å². The van der Waals surface area contributed by atoms with Crippen molar-refractivity contribution in [3.8, 4) is 11.1 Å². The summed E-state index contributed by atoms with van der Waals surface area (Å²) in [6.45, 7) is 6.83. The van der Waals surface area contributed by atoms with Crippen LogP contribution >= 0.6 is 15.9 Å². The lowest BCUT2D eigenvalue weighted by atomic mass is 10.0. The predicted molar refractivity (Wildman–Crippen MR) is 144 cm³/mol. The van der Waals surface area contributed by atoms with Crippen molar-refractivity contribution in [2.24, 2.45) is 0 Å². The molecule has 0 atom stereocenters. The van der Waals surface area contributed by atoms with Gasteiger partial charge < -0.3 is 10.2 Å². The highest BCUT2D eigenvalue weighted by atomic mass is 79.9. The van der Waals surface area contributed by atoms with Crippen LogP contribution in [0.1, 0.15) is 23.1 Å². The smallest absolute Gasteiger partial charge is 0.291 e. The largest absolute Gasteiger partial charge is 0.370 e. The van der Waals surface area contributed by atoms with Crippen molar-refractivity contribution < 1.29 is 13.6 Å². The lowest BCUT2D eigenvalue weighted by Crippen LogP contribution is -2.26. The van der Waals surface area contributed by atoms with E-state index in [1.165, 1.54) is 11.6 Å². The monoisotopic (exact) mass is 554 g/mol. The van der Waals surface area contributed by atoms with E-state index >= 15 is 0 Å². The SMILES string of the molecule is C=CC(F)(F)c1ccccc1CN(CCCNc1cc(-c2ccccc2C)cc2c(Br)cnn12)OC. The van der Waals surface area contributed by atoms with E-state index in [0.29, 0.717) is 24.7 Å². The van der Waals surface area contributed by atoms with Crippen molar-refractivity contribution in [1.29, 1.82) is 0 Å². The minimum atomic E-state index is -3.09. The number of hydrogen-bond acceptors (Lipinski definition) is 4. The lowest BCUT2D eigenvalue weighted by Gasteiger charge is -2.23. The number of nitrogens with one attached hydrogen (secondary N) is 1. The standard InChI is InChI=1S/C28H29BrF2N4O/c1-4-28(30,31)24-13-8-6-11-21(24)19-34(36-3)15-9-14-32-27-17-22(23-12-7-5-10-20(23)2)16-26-25(29)18-33-35(26)27/h4-8,10-13,16-18,32H,1,9,14-15,19H2,2-3H3. The van der Waals surface area contributed by atoms with Gasteiger partial charge in [0.05, 0.1) is 23.3 Å². The van der Waals surface area contributed by atoms with Gasteiger partial charge in [-0.05, 0) is 69.7 Å². The quantitative estimate of drug-likeness (QED) is 0.121. The van der Waals surface area contributed by atoms with Crippen LogP contribution in [0.3, 0.4) is 0 Å². The fourth-order valence-electron chi connectivity index (χ4n) is 4.23. The Bertz CT molecular complexity index is 1350. The molecule has 188 valence electrons. The number of aryl methyl sites for hydroxylation is 1. The van der Waals surface area contributed by atoms with Crippen molar-refractivity contribution in [2.45, 2.75) is 25.8 Å². The second kappa shape index (κ2) is 11.3. The summed E-state index contributed by atoms with van der Waals surface area (Å²) < 4.78 is 31.4. The van der Waals surface area contributed by atoms with Crippen LogP contribution < -0.4 is 5.32 Å². The molecule has 4 aromatic rings. The number of fused-ring (bicyclic) bond motifs is 1. The van der Waals surface area contributed by atoms with Crippen LogP contribution in [0.2, 0.25) is 0 Å². The maximum atomic E-state index is 14.3. The van der Waals surface area contributed by atoms with Crippen LogP contribution in [0, 0.1) is 6.92 Å². The molecule has 0 unspecified atom stereocenters. The van der Waals surface area contributed by atoms with Crippen molar-refractivity contribution in [3.63, 3.8) is 0 Å². The molecule has 0 bridgehead atoms. The van der Waals surface area contributed by atoms with Gasteiger partial charge in [0.25, 0.3) is 5.92 Å². The molecule has 2 aromatic heterocycles. The molecular formula is C28H29BrF2N4O. The molecule has 0 fully saturated rings. The van der Waals surface area contributed by atoms with Gasteiger partial charge in [-0.25, -0.2) is 4.52 Å². The first-order valence-corrected chi connectivity index (χ1v) is 12.5. The molecule has 0 aliphatic rings. The molecule has 0 amide bonds. The molecule has 0 spiro atoms. The van der Waals surface area contributed by atoms with Gasteiger partial charge in [0.15, 0.2) is 0 Å². The fraction of sp³-hybridized carbons (Fsp3) is 0.250. The summed E-state index contributed by atoms with van der Waals surface area (Å²) >= 11 is 3.60. The third-order valence-electron chi connectivity index (χ3n) is 6.16.